The fraction of sp³-hybridized carbons (Fsp3) is 0.455. The van der Waals surface area contributed by atoms with Crippen molar-refractivity contribution < 1.29 is 23.8 Å². The molecule has 2 unspecified atom stereocenters. The smallest absolute Gasteiger partial charge is 0.194 e. The van der Waals surface area contributed by atoms with E-state index in [4.69, 9.17) is 19.9 Å². The summed E-state index contributed by atoms with van der Waals surface area (Å²) in [5, 5.41) is 1.31. The van der Waals surface area contributed by atoms with E-state index in [1.165, 1.54) is 29.6 Å². The fourth-order valence-electron chi connectivity index (χ4n) is 2.95. The van der Waals surface area contributed by atoms with Crippen LogP contribution >= 0.6 is 22.7 Å². The number of ketones is 2. The highest BCUT2D eigenvalue weighted by Crippen LogP contribution is 2.22. The minimum Gasteiger partial charge on any atom is -0.375 e. The first-order valence-corrected chi connectivity index (χ1v) is 11.9. The molecule has 11 heteroatoms. The number of ether oxygens (including phenoxy) is 3. The molecular formula is C22H30N4O5S2. The number of thiazole rings is 2. The van der Waals surface area contributed by atoms with Gasteiger partial charge in [0.2, 0.25) is 0 Å². The number of Topliss-reactive ketones (excluding diaryl/α,β-unsaturated/α-hetero) is 2. The molecule has 2 N–H and O–H groups in total. The van der Waals surface area contributed by atoms with Crippen molar-refractivity contribution in [2.45, 2.75) is 53.1 Å². The zero-order chi connectivity index (χ0) is 24.5. The molecule has 3 aromatic heterocycles. The molecule has 180 valence electrons. The normalized spacial score (nSPS) is 17.0. The predicted octanol–water partition coefficient (Wildman–Crippen LogP) is 4.42. The number of rotatable bonds is 5. The van der Waals surface area contributed by atoms with Crippen molar-refractivity contribution in [2.24, 2.45) is 0 Å². The SMILES string of the molecule is CC(=O)c1sc(-n2cccc2)nc1C.CC(=O)c1sc(N)nc1C.COC1CCC(OC)O1. The van der Waals surface area contributed by atoms with Crippen LogP contribution in [0.25, 0.3) is 5.13 Å². The van der Waals surface area contributed by atoms with Crippen LogP contribution in [0.15, 0.2) is 24.5 Å². The summed E-state index contributed by atoms with van der Waals surface area (Å²) in [6.45, 7) is 6.73. The van der Waals surface area contributed by atoms with Crippen molar-refractivity contribution in [3.63, 3.8) is 0 Å². The van der Waals surface area contributed by atoms with Crippen LogP contribution in [0.5, 0.6) is 0 Å². The molecule has 4 rings (SSSR count). The fourth-order valence-corrected chi connectivity index (χ4v) is 4.61. The second-order valence-corrected chi connectivity index (χ2v) is 9.13. The van der Waals surface area contributed by atoms with Crippen LogP contribution in [0.4, 0.5) is 5.13 Å². The number of hydrogen-bond acceptors (Lipinski definition) is 10. The van der Waals surface area contributed by atoms with Gasteiger partial charge in [0, 0.05) is 53.3 Å². The van der Waals surface area contributed by atoms with Gasteiger partial charge in [-0.1, -0.05) is 22.7 Å². The van der Waals surface area contributed by atoms with E-state index >= 15 is 0 Å². The number of carbonyl (C=O) groups is 2. The Hall–Kier alpha value is -2.44. The number of anilines is 1. The number of nitrogens with zero attached hydrogens (tertiary/aromatic N) is 3. The summed E-state index contributed by atoms with van der Waals surface area (Å²) in [6, 6.07) is 3.87. The lowest BCUT2D eigenvalue weighted by molar-refractivity contribution is -0.185. The Bertz CT molecular complexity index is 1040. The third-order valence-electron chi connectivity index (χ3n) is 4.53. The van der Waals surface area contributed by atoms with E-state index in [-0.39, 0.29) is 24.1 Å². The lowest BCUT2D eigenvalue weighted by Crippen LogP contribution is -2.13. The van der Waals surface area contributed by atoms with Crippen LogP contribution in [0, 0.1) is 13.8 Å². The van der Waals surface area contributed by atoms with Gasteiger partial charge in [0.25, 0.3) is 0 Å². The Kier molecular flexibility index (Phi) is 10.3. The Morgan fingerprint density at radius 2 is 1.45 bits per heavy atom. The molecule has 0 aromatic carbocycles. The van der Waals surface area contributed by atoms with E-state index in [0.717, 1.165) is 34.2 Å². The van der Waals surface area contributed by atoms with Crippen LogP contribution in [0.2, 0.25) is 0 Å². The average Bonchev–Trinajstić information content (AvgIpc) is 3.55. The van der Waals surface area contributed by atoms with E-state index in [9.17, 15) is 9.59 Å². The molecule has 0 radical (unpaired) electrons. The molecule has 4 heterocycles. The van der Waals surface area contributed by atoms with Gasteiger partial charge in [-0.25, -0.2) is 9.97 Å². The maximum absolute atomic E-state index is 11.2. The van der Waals surface area contributed by atoms with E-state index in [0.29, 0.717) is 10.0 Å². The zero-order valence-corrected chi connectivity index (χ0v) is 21.3. The van der Waals surface area contributed by atoms with Crippen molar-refractivity contribution in [3.8, 4) is 5.13 Å². The minimum atomic E-state index is -0.0463. The number of nitrogens with two attached hydrogens (primary N) is 1. The zero-order valence-electron chi connectivity index (χ0n) is 19.7. The molecule has 0 bridgehead atoms. The summed E-state index contributed by atoms with van der Waals surface area (Å²) in [5.41, 5.74) is 6.92. The number of aromatic nitrogens is 3. The Labute approximate surface area is 201 Å². The van der Waals surface area contributed by atoms with Crippen molar-refractivity contribution in [3.05, 3.63) is 45.7 Å². The number of nitrogen functional groups attached to an aromatic ring is 1. The number of aryl methyl sites for hydroxylation is 2. The molecule has 0 amide bonds. The largest absolute Gasteiger partial charge is 0.375 e. The van der Waals surface area contributed by atoms with Crippen LogP contribution in [-0.4, -0.2) is 52.9 Å². The number of carbonyl (C=O) groups excluding carboxylic acids is 2. The highest BCUT2D eigenvalue weighted by atomic mass is 32.1. The minimum absolute atomic E-state index is 0.0340. The van der Waals surface area contributed by atoms with Gasteiger partial charge in [-0.05, 0) is 26.0 Å². The Morgan fingerprint density at radius 1 is 0.970 bits per heavy atom. The molecule has 0 saturated carbocycles. The third kappa shape index (κ3) is 7.83. The van der Waals surface area contributed by atoms with Gasteiger partial charge in [0.1, 0.15) is 0 Å². The molecule has 1 aliphatic heterocycles. The number of methoxy groups -OCH3 is 2. The Balaban J connectivity index is 0.000000181. The first-order valence-electron chi connectivity index (χ1n) is 10.2. The average molecular weight is 495 g/mol. The highest BCUT2D eigenvalue weighted by molar-refractivity contribution is 7.17. The first kappa shape index (κ1) is 26.8. The summed E-state index contributed by atoms with van der Waals surface area (Å²) in [7, 11) is 3.28. The van der Waals surface area contributed by atoms with Gasteiger partial charge >= 0.3 is 0 Å². The molecule has 2 atom stereocenters. The van der Waals surface area contributed by atoms with Gasteiger partial charge in [-0.3, -0.25) is 9.59 Å². The monoisotopic (exact) mass is 494 g/mol. The lowest BCUT2D eigenvalue weighted by Gasteiger charge is -2.09. The Morgan fingerprint density at radius 3 is 1.79 bits per heavy atom. The van der Waals surface area contributed by atoms with Crippen molar-refractivity contribution in [1.82, 2.24) is 14.5 Å². The standard InChI is InChI=1S/C10H10N2OS.C6H8N2OS.C6H12O3/c1-7-9(8(2)13)14-10(11-7)12-5-3-4-6-12;1-3-5(4(2)9)10-6(7)8-3;1-7-5-3-4-6(8-2)9-5/h3-6H,1-2H3;1-2H3,(H2,7,8);5-6H,3-4H2,1-2H3. The van der Waals surface area contributed by atoms with E-state index in [2.05, 4.69) is 9.97 Å². The quantitative estimate of drug-likeness (QED) is 0.518. The van der Waals surface area contributed by atoms with Crippen LogP contribution in [0.1, 0.15) is 57.4 Å². The van der Waals surface area contributed by atoms with E-state index in [1.54, 1.807) is 28.1 Å². The van der Waals surface area contributed by atoms with Crippen LogP contribution in [-0.2, 0) is 14.2 Å². The second kappa shape index (κ2) is 12.7. The molecule has 33 heavy (non-hydrogen) atoms. The molecule has 9 nitrogen and oxygen atoms in total. The molecule has 1 saturated heterocycles. The van der Waals surface area contributed by atoms with Crippen molar-refractivity contribution in [2.75, 3.05) is 20.0 Å². The molecule has 0 spiro atoms. The van der Waals surface area contributed by atoms with Crippen LogP contribution in [0.3, 0.4) is 0 Å². The van der Waals surface area contributed by atoms with Gasteiger partial charge in [0.15, 0.2) is 34.4 Å². The van der Waals surface area contributed by atoms with Crippen molar-refractivity contribution in [1.29, 1.82) is 0 Å². The topological polar surface area (TPSA) is 119 Å². The molecule has 3 aromatic rings. The molecular weight excluding hydrogens is 464 g/mol. The van der Waals surface area contributed by atoms with E-state index in [1.807, 2.05) is 36.0 Å². The molecule has 0 aliphatic carbocycles. The van der Waals surface area contributed by atoms with E-state index < -0.39 is 0 Å². The van der Waals surface area contributed by atoms with Crippen molar-refractivity contribution >= 4 is 39.4 Å². The summed E-state index contributed by atoms with van der Waals surface area (Å²) in [6.07, 6.45) is 5.62. The second-order valence-electron chi connectivity index (χ2n) is 7.12. The first-order chi connectivity index (χ1) is 15.7. The summed E-state index contributed by atoms with van der Waals surface area (Å²) in [4.78, 5) is 31.7. The maximum Gasteiger partial charge on any atom is 0.194 e. The predicted molar refractivity (Wildman–Crippen MR) is 129 cm³/mol. The third-order valence-corrected chi connectivity index (χ3v) is 6.89. The molecule has 1 aliphatic rings. The molecule has 1 fully saturated rings. The summed E-state index contributed by atoms with van der Waals surface area (Å²) < 4.78 is 17.0. The van der Waals surface area contributed by atoms with Gasteiger partial charge in [-0.15, -0.1) is 0 Å². The highest BCUT2D eigenvalue weighted by Gasteiger charge is 2.23. The van der Waals surface area contributed by atoms with Gasteiger partial charge in [0.05, 0.1) is 21.1 Å². The maximum atomic E-state index is 11.2. The summed E-state index contributed by atoms with van der Waals surface area (Å²) >= 11 is 2.67. The number of hydrogen-bond donors (Lipinski definition) is 1. The van der Waals surface area contributed by atoms with Crippen LogP contribution < -0.4 is 5.73 Å². The lowest BCUT2D eigenvalue weighted by atomic mass is 10.3. The van der Waals surface area contributed by atoms with Gasteiger partial charge < -0.3 is 24.5 Å². The van der Waals surface area contributed by atoms with Gasteiger partial charge in [-0.2, -0.15) is 0 Å². The summed E-state index contributed by atoms with van der Waals surface area (Å²) in [5.74, 6) is 0.116.